The number of aromatic amines is 1. The molecular weight excluding hydrogens is 368 g/mol. The van der Waals surface area contributed by atoms with Crippen molar-refractivity contribution in [1.82, 2.24) is 15.0 Å². The second-order valence-electron chi connectivity index (χ2n) is 6.42. The highest BCUT2D eigenvalue weighted by Gasteiger charge is 2.21. The van der Waals surface area contributed by atoms with Crippen molar-refractivity contribution in [3.8, 4) is 11.4 Å². The lowest BCUT2D eigenvalue weighted by Gasteiger charge is -2.27. The van der Waals surface area contributed by atoms with Gasteiger partial charge in [-0.05, 0) is 36.3 Å². The smallest absolute Gasteiger partial charge is 0.260 e. The molecule has 134 valence electrons. The Hall–Kier alpha value is -1.90. The minimum Gasteiger partial charge on any atom is -0.378 e. The average Bonchev–Trinajstić information content (AvgIpc) is 3.08. The molecule has 5 heterocycles. The van der Waals surface area contributed by atoms with Gasteiger partial charge in [0.25, 0.3) is 5.56 Å². The average molecular weight is 387 g/mol. The minimum atomic E-state index is -0.0396. The van der Waals surface area contributed by atoms with Gasteiger partial charge >= 0.3 is 0 Å². The van der Waals surface area contributed by atoms with Crippen LogP contribution in [0.4, 0.5) is 5.82 Å². The Bertz CT molecular complexity index is 1010. The summed E-state index contributed by atoms with van der Waals surface area (Å²) in [6.45, 7) is 3.17. The Balaban J connectivity index is 1.51. The molecular formula is C18H18N4O2S2. The molecule has 0 amide bonds. The molecule has 1 fully saturated rings. The number of hydrogen-bond acceptors (Lipinski definition) is 7. The third-order valence-corrected chi connectivity index (χ3v) is 7.31. The highest BCUT2D eigenvalue weighted by molar-refractivity contribution is 8.01. The molecule has 1 N–H and O–H groups in total. The lowest BCUT2D eigenvalue weighted by Crippen LogP contribution is -2.36. The van der Waals surface area contributed by atoms with Crippen LogP contribution < -0.4 is 10.5 Å². The standard InChI is InChI=1S/C18H18N4O2S2/c23-16-14-12-2-1-9-25-18(12)26-17(14)21-15(20-16)11-3-4-13(19-10-11)22-5-7-24-8-6-22/h3-4,10H,1-2,5-9H2,(H,20,21,23). The van der Waals surface area contributed by atoms with Crippen molar-refractivity contribution < 1.29 is 4.74 Å². The van der Waals surface area contributed by atoms with E-state index in [4.69, 9.17) is 9.72 Å². The topological polar surface area (TPSA) is 71.1 Å². The summed E-state index contributed by atoms with van der Waals surface area (Å²) in [5, 5.41) is 0.777. The number of fused-ring (bicyclic) bond motifs is 3. The van der Waals surface area contributed by atoms with E-state index in [0.29, 0.717) is 5.82 Å². The Kier molecular flexibility index (Phi) is 4.18. The van der Waals surface area contributed by atoms with Gasteiger partial charge in [-0.1, -0.05) is 0 Å². The lowest BCUT2D eigenvalue weighted by atomic mass is 10.1. The first-order valence-electron chi connectivity index (χ1n) is 8.77. The third-order valence-electron chi connectivity index (χ3n) is 4.78. The van der Waals surface area contributed by atoms with Gasteiger partial charge in [0.05, 0.1) is 22.8 Å². The largest absolute Gasteiger partial charge is 0.378 e. The summed E-state index contributed by atoms with van der Waals surface area (Å²) in [5.41, 5.74) is 1.98. The molecule has 0 bridgehead atoms. The van der Waals surface area contributed by atoms with E-state index < -0.39 is 0 Å². The highest BCUT2D eigenvalue weighted by Crippen LogP contribution is 2.40. The summed E-state index contributed by atoms with van der Waals surface area (Å²) in [6, 6.07) is 3.96. The normalized spacial score (nSPS) is 17.5. The maximum Gasteiger partial charge on any atom is 0.260 e. The van der Waals surface area contributed by atoms with Gasteiger partial charge < -0.3 is 14.6 Å². The van der Waals surface area contributed by atoms with E-state index in [2.05, 4.69) is 14.9 Å². The van der Waals surface area contributed by atoms with Crippen LogP contribution in [-0.4, -0.2) is 47.0 Å². The zero-order chi connectivity index (χ0) is 17.5. The van der Waals surface area contributed by atoms with E-state index >= 15 is 0 Å². The summed E-state index contributed by atoms with van der Waals surface area (Å²) in [4.78, 5) is 28.0. The van der Waals surface area contributed by atoms with Crippen molar-refractivity contribution >= 4 is 39.1 Å². The number of aromatic nitrogens is 3. The van der Waals surface area contributed by atoms with E-state index in [-0.39, 0.29) is 5.56 Å². The first-order valence-corrected chi connectivity index (χ1v) is 10.6. The molecule has 8 heteroatoms. The predicted octanol–water partition coefficient (Wildman–Crippen LogP) is 2.92. The van der Waals surface area contributed by atoms with E-state index in [9.17, 15) is 4.79 Å². The molecule has 2 aliphatic rings. The third kappa shape index (κ3) is 2.82. The number of thioether (sulfide) groups is 1. The van der Waals surface area contributed by atoms with Crippen molar-refractivity contribution in [1.29, 1.82) is 0 Å². The van der Waals surface area contributed by atoms with E-state index in [1.807, 2.05) is 23.9 Å². The van der Waals surface area contributed by atoms with Crippen molar-refractivity contribution in [3.05, 3.63) is 34.2 Å². The van der Waals surface area contributed by atoms with E-state index in [1.165, 1.54) is 9.77 Å². The minimum absolute atomic E-state index is 0.0396. The quantitative estimate of drug-likeness (QED) is 0.730. The Morgan fingerprint density at radius 3 is 2.92 bits per heavy atom. The molecule has 0 unspecified atom stereocenters. The van der Waals surface area contributed by atoms with Crippen molar-refractivity contribution in [3.63, 3.8) is 0 Å². The molecule has 0 radical (unpaired) electrons. The number of pyridine rings is 1. The first-order chi connectivity index (χ1) is 12.8. The first kappa shape index (κ1) is 16.3. The van der Waals surface area contributed by atoms with Gasteiger partial charge in [-0.3, -0.25) is 4.79 Å². The number of hydrogen-bond donors (Lipinski definition) is 1. The fraction of sp³-hybridized carbons (Fsp3) is 0.389. The van der Waals surface area contributed by atoms with Crippen LogP contribution in [0.1, 0.15) is 12.0 Å². The van der Waals surface area contributed by atoms with Crippen LogP contribution in [-0.2, 0) is 11.2 Å². The monoisotopic (exact) mass is 386 g/mol. The van der Waals surface area contributed by atoms with Crippen molar-refractivity contribution in [2.75, 3.05) is 37.0 Å². The summed E-state index contributed by atoms with van der Waals surface area (Å²) in [7, 11) is 0. The number of H-pyrrole nitrogens is 1. The second-order valence-corrected chi connectivity index (χ2v) is 8.78. The number of morpholine rings is 1. The molecule has 5 rings (SSSR count). The van der Waals surface area contributed by atoms with Crippen molar-refractivity contribution in [2.24, 2.45) is 0 Å². The number of rotatable bonds is 2. The summed E-state index contributed by atoms with van der Waals surface area (Å²) >= 11 is 3.48. The number of thiophene rings is 1. The fourth-order valence-corrected chi connectivity index (χ4v) is 5.98. The fourth-order valence-electron chi connectivity index (χ4n) is 3.44. The van der Waals surface area contributed by atoms with Crippen molar-refractivity contribution in [2.45, 2.75) is 17.1 Å². The molecule has 0 atom stereocenters. The summed E-state index contributed by atoms with van der Waals surface area (Å²) in [5.74, 6) is 2.65. The molecule has 26 heavy (non-hydrogen) atoms. The van der Waals surface area contributed by atoms with Gasteiger partial charge in [0, 0.05) is 24.8 Å². The predicted molar refractivity (Wildman–Crippen MR) is 106 cm³/mol. The van der Waals surface area contributed by atoms with Gasteiger partial charge in [0.1, 0.15) is 16.5 Å². The van der Waals surface area contributed by atoms with Gasteiger partial charge in [-0.15, -0.1) is 23.1 Å². The van der Waals surface area contributed by atoms with Crippen LogP contribution in [0, 0.1) is 0 Å². The summed E-state index contributed by atoms with van der Waals surface area (Å²) < 4.78 is 6.64. The van der Waals surface area contributed by atoms with Crippen LogP contribution >= 0.6 is 23.1 Å². The second kappa shape index (κ2) is 6.68. The molecule has 0 saturated carbocycles. The molecule has 0 spiro atoms. The van der Waals surface area contributed by atoms with Gasteiger partial charge in [-0.2, -0.15) is 0 Å². The van der Waals surface area contributed by atoms with Gasteiger partial charge in [0.15, 0.2) is 0 Å². The zero-order valence-electron chi connectivity index (χ0n) is 14.2. The molecule has 6 nitrogen and oxygen atoms in total. The van der Waals surface area contributed by atoms with Crippen LogP contribution in [0.25, 0.3) is 21.6 Å². The molecule has 3 aromatic heterocycles. The Morgan fingerprint density at radius 1 is 1.23 bits per heavy atom. The molecule has 0 aliphatic carbocycles. The maximum absolute atomic E-state index is 12.7. The SMILES string of the molecule is O=c1[nH]c(-c2ccc(N3CCOCC3)nc2)nc2sc3c(c12)CCCS3. The molecule has 2 aliphatic heterocycles. The number of anilines is 1. The van der Waals surface area contributed by atoms with Gasteiger partial charge in [0.2, 0.25) is 0 Å². The number of aryl methyl sites for hydroxylation is 1. The maximum atomic E-state index is 12.7. The van der Waals surface area contributed by atoms with Crippen LogP contribution in [0.3, 0.4) is 0 Å². The van der Waals surface area contributed by atoms with Crippen LogP contribution in [0.5, 0.6) is 0 Å². The Morgan fingerprint density at radius 2 is 2.12 bits per heavy atom. The van der Waals surface area contributed by atoms with Crippen LogP contribution in [0.15, 0.2) is 27.3 Å². The van der Waals surface area contributed by atoms with Crippen LogP contribution in [0.2, 0.25) is 0 Å². The molecule has 0 aromatic carbocycles. The lowest BCUT2D eigenvalue weighted by molar-refractivity contribution is 0.122. The van der Waals surface area contributed by atoms with E-state index in [1.54, 1.807) is 17.5 Å². The Labute approximate surface area is 158 Å². The number of ether oxygens (including phenoxy) is 1. The van der Waals surface area contributed by atoms with Gasteiger partial charge in [-0.25, -0.2) is 9.97 Å². The highest BCUT2D eigenvalue weighted by atomic mass is 32.2. The number of nitrogens with zero attached hydrogens (tertiary/aromatic N) is 3. The molecule has 1 saturated heterocycles. The summed E-state index contributed by atoms with van der Waals surface area (Å²) in [6.07, 6.45) is 3.89. The molecule has 3 aromatic rings. The zero-order valence-corrected chi connectivity index (χ0v) is 15.8. The van der Waals surface area contributed by atoms with E-state index in [0.717, 1.165) is 66.5 Å². The number of nitrogens with one attached hydrogen (secondary N) is 1.